The fourth-order valence-electron chi connectivity index (χ4n) is 5.57. The molecule has 4 N–H and O–H groups in total. The van der Waals surface area contributed by atoms with Crippen LogP contribution in [0.2, 0.25) is 0 Å². The molecule has 1 aromatic rings. The van der Waals surface area contributed by atoms with Crippen molar-refractivity contribution in [2.45, 2.75) is 89.9 Å². The number of ether oxygens (including phenoxy) is 1. The molecule has 2 fully saturated rings. The van der Waals surface area contributed by atoms with E-state index < -0.39 is 18.3 Å². The highest BCUT2D eigenvalue weighted by Crippen LogP contribution is 2.42. The van der Waals surface area contributed by atoms with Crippen LogP contribution >= 0.6 is 0 Å². The van der Waals surface area contributed by atoms with Gasteiger partial charge in [0.05, 0.1) is 18.3 Å². The lowest BCUT2D eigenvalue weighted by atomic mass is 9.77. The van der Waals surface area contributed by atoms with Crippen LogP contribution < -0.4 is 10.1 Å². The minimum absolute atomic E-state index is 0.0261. The van der Waals surface area contributed by atoms with Crippen molar-refractivity contribution in [3.63, 3.8) is 0 Å². The van der Waals surface area contributed by atoms with Crippen LogP contribution in [0.1, 0.15) is 71.6 Å². The summed E-state index contributed by atoms with van der Waals surface area (Å²) >= 11 is 0. The second-order valence-electron chi connectivity index (χ2n) is 10.9. The van der Waals surface area contributed by atoms with Gasteiger partial charge in [-0.25, -0.2) is 0 Å². The van der Waals surface area contributed by atoms with Crippen molar-refractivity contribution in [1.82, 2.24) is 5.32 Å². The zero-order valence-electron chi connectivity index (χ0n) is 20.9. The summed E-state index contributed by atoms with van der Waals surface area (Å²) in [6.45, 7) is 5.33. The van der Waals surface area contributed by atoms with Crippen molar-refractivity contribution in [1.29, 1.82) is 0 Å². The summed E-state index contributed by atoms with van der Waals surface area (Å²) in [4.78, 5) is 11.9. The second-order valence-corrected chi connectivity index (χ2v) is 10.9. The fourth-order valence-corrected chi connectivity index (χ4v) is 5.57. The molecule has 0 aliphatic heterocycles. The van der Waals surface area contributed by atoms with Crippen molar-refractivity contribution in [2.75, 3.05) is 13.2 Å². The first kappa shape index (κ1) is 27.0. The van der Waals surface area contributed by atoms with E-state index in [0.717, 1.165) is 38.0 Å². The number of nitrogens with one attached hydrogen (secondary N) is 1. The van der Waals surface area contributed by atoms with E-state index in [4.69, 9.17) is 4.74 Å². The first-order valence-electron chi connectivity index (χ1n) is 13.3. The van der Waals surface area contributed by atoms with E-state index in [-0.39, 0.29) is 30.3 Å². The number of carbonyl (C=O) groups is 1. The summed E-state index contributed by atoms with van der Waals surface area (Å²) < 4.78 is 5.68. The van der Waals surface area contributed by atoms with Crippen LogP contribution in [0, 0.1) is 29.6 Å². The zero-order chi connectivity index (χ0) is 24.5. The maximum atomic E-state index is 11.9. The molecule has 2 aliphatic rings. The third kappa shape index (κ3) is 8.86. The van der Waals surface area contributed by atoms with Gasteiger partial charge in [-0.2, -0.15) is 0 Å². The van der Waals surface area contributed by atoms with Gasteiger partial charge in [-0.05, 0) is 80.2 Å². The van der Waals surface area contributed by atoms with Gasteiger partial charge >= 0.3 is 0 Å². The summed E-state index contributed by atoms with van der Waals surface area (Å²) in [7, 11) is 0. The molecule has 0 bridgehead atoms. The van der Waals surface area contributed by atoms with E-state index in [0.29, 0.717) is 31.1 Å². The molecule has 1 amide bonds. The molecule has 0 aromatic heterocycles. The lowest BCUT2D eigenvalue weighted by Gasteiger charge is -2.31. The molecule has 34 heavy (non-hydrogen) atoms. The third-order valence-corrected chi connectivity index (χ3v) is 7.78. The molecule has 2 aliphatic carbocycles. The molecule has 0 heterocycles. The average molecular weight is 476 g/mol. The highest BCUT2D eigenvalue weighted by molar-refractivity contribution is 5.75. The first-order chi connectivity index (χ1) is 16.3. The molecule has 6 nitrogen and oxygen atoms in total. The topological polar surface area (TPSA) is 99.0 Å². The predicted molar refractivity (Wildman–Crippen MR) is 133 cm³/mol. The van der Waals surface area contributed by atoms with Crippen LogP contribution in [0.4, 0.5) is 0 Å². The van der Waals surface area contributed by atoms with Gasteiger partial charge in [0.2, 0.25) is 5.91 Å². The predicted octanol–water partition coefficient (Wildman–Crippen LogP) is 3.92. The first-order valence-corrected chi connectivity index (χ1v) is 13.3. The van der Waals surface area contributed by atoms with E-state index in [1.165, 1.54) is 12.8 Å². The normalized spacial score (nSPS) is 27.2. The number of para-hydroxylation sites is 1. The number of hydrogen-bond acceptors (Lipinski definition) is 5. The molecule has 1 aromatic carbocycles. The number of amides is 1. The van der Waals surface area contributed by atoms with Crippen LogP contribution in [0.25, 0.3) is 0 Å². The number of hydrogen-bond donors (Lipinski definition) is 4. The van der Waals surface area contributed by atoms with Crippen LogP contribution in [-0.2, 0) is 4.79 Å². The maximum absolute atomic E-state index is 11.9. The fraction of sp³-hybridized carbons (Fsp3) is 0.750. The van der Waals surface area contributed by atoms with Crippen molar-refractivity contribution in [3.8, 4) is 5.75 Å². The Morgan fingerprint density at radius 3 is 2.56 bits per heavy atom. The van der Waals surface area contributed by atoms with Gasteiger partial charge in [0, 0.05) is 13.0 Å². The van der Waals surface area contributed by atoms with Crippen molar-refractivity contribution < 1.29 is 24.9 Å². The van der Waals surface area contributed by atoms with Crippen LogP contribution in [0.3, 0.4) is 0 Å². The Bertz CT molecular complexity index is 725. The van der Waals surface area contributed by atoms with Gasteiger partial charge in [0.1, 0.15) is 12.4 Å². The van der Waals surface area contributed by atoms with E-state index in [1.54, 1.807) is 0 Å². The standard InChI is InChI=1S/C28H45NO5/c1-19(7-6-10-27(33)29-17-21-12-13-21)11-14-24-25(31)16-26(32)28(24)20(2)15-22(30)18-34-23-8-4-3-5-9-23/h3-5,8-9,19-22,24-26,28,30-32H,6-7,10-18H2,1-2H3,(H,29,33)/t19-,20-,22+,24?,25-,26+,28+/m0/s1. The van der Waals surface area contributed by atoms with Crippen molar-refractivity contribution in [2.24, 2.45) is 29.6 Å². The summed E-state index contributed by atoms with van der Waals surface area (Å²) in [6, 6.07) is 9.45. The molecule has 3 rings (SSSR count). The van der Waals surface area contributed by atoms with Crippen LogP contribution in [-0.4, -0.2) is 52.7 Å². The minimum atomic E-state index is -0.620. The van der Waals surface area contributed by atoms with E-state index in [2.05, 4.69) is 19.2 Å². The Balaban J connectivity index is 1.38. The Labute approximate surface area is 205 Å². The lowest BCUT2D eigenvalue weighted by Crippen LogP contribution is -2.32. The number of aliphatic hydroxyl groups is 3. The second kappa shape index (κ2) is 13.5. The number of rotatable bonds is 15. The van der Waals surface area contributed by atoms with Gasteiger partial charge in [-0.15, -0.1) is 0 Å². The van der Waals surface area contributed by atoms with Gasteiger partial charge in [-0.3, -0.25) is 4.79 Å². The van der Waals surface area contributed by atoms with Gasteiger partial charge < -0.3 is 25.4 Å². The smallest absolute Gasteiger partial charge is 0.220 e. The molecule has 6 heteroatoms. The molecule has 192 valence electrons. The van der Waals surface area contributed by atoms with Crippen molar-refractivity contribution >= 4 is 5.91 Å². The maximum Gasteiger partial charge on any atom is 0.220 e. The van der Waals surface area contributed by atoms with Crippen LogP contribution in [0.15, 0.2) is 30.3 Å². The number of aliphatic hydroxyl groups excluding tert-OH is 3. The molecule has 1 unspecified atom stereocenters. The zero-order valence-corrected chi connectivity index (χ0v) is 20.9. The number of benzene rings is 1. The summed E-state index contributed by atoms with van der Waals surface area (Å²) in [5.74, 6) is 2.18. The Hall–Kier alpha value is -1.63. The minimum Gasteiger partial charge on any atom is -0.491 e. The molecule has 0 saturated heterocycles. The van der Waals surface area contributed by atoms with E-state index in [9.17, 15) is 20.1 Å². The van der Waals surface area contributed by atoms with Gasteiger partial charge in [0.15, 0.2) is 0 Å². The lowest BCUT2D eigenvalue weighted by molar-refractivity contribution is -0.121. The Morgan fingerprint density at radius 2 is 1.85 bits per heavy atom. The van der Waals surface area contributed by atoms with E-state index >= 15 is 0 Å². The third-order valence-electron chi connectivity index (χ3n) is 7.78. The average Bonchev–Trinajstić information content (AvgIpc) is 3.59. The van der Waals surface area contributed by atoms with Crippen LogP contribution in [0.5, 0.6) is 5.75 Å². The highest BCUT2D eigenvalue weighted by Gasteiger charge is 2.44. The SMILES string of the molecule is C[C@@H](CCCC(=O)NCC1CC1)CCC1[C@@H]([C@@H](C)C[C@@H](O)COc2ccccc2)[C@H](O)C[C@@H]1O. The molecule has 0 radical (unpaired) electrons. The summed E-state index contributed by atoms with van der Waals surface area (Å²) in [5.41, 5.74) is 0. The molecular formula is C28H45NO5. The monoisotopic (exact) mass is 475 g/mol. The summed E-state index contributed by atoms with van der Waals surface area (Å²) in [6.07, 6.45) is 6.09. The molecule has 0 spiro atoms. The largest absolute Gasteiger partial charge is 0.491 e. The summed E-state index contributed by atoms with van der Waals surface area (Å²) in [5, 5.41) is 34.8. The number of carbonyl (C=O) groups excluding carboxylic acids is 1. The Kier molecular flexibility index (Phi) is 10.7. The van der Waals surface area contributed by atoms with Gasteiger partial charge in [0.25, 0.3) is 0 Å². The molecule has 2 saturated carbocycles. The van der Waals surface area contributed by atoms with Crippen molar-refractivity contribution in [3.05, 3.63) is 30.3 Å². The van der Waals surface area contributed by atoms with E-state index in [1.807, 2.05) is 30.3 Å². The quantitative estimate of drug-likeness (QED) is 0.308. The molecule has 7 atom stereocenters. The molecular weight excluding hydrogens is 430 g/mol. The van der Waals surface area contributed by atoms with Gasteiger partial charge in [-0.1, -0.05) is 44.9 Å². The Morgan fingerprint density at radius 1 is 1.12 bits per heavy atom. The highest BCUT2D eigenvalue weighted by atomic mass is 16.5.